The van der Waals surface area contributed by atoms with Crippen LogP contribution in [0.5, 0.6) is 0 Å². The minimum atomic E-state index is -0.717. The Morgan fingerprint density at radius 1 is 1.05 bits per heavy atom. The second kappa shape index (κ2) is 17.8. The molecule has 1 unspecified atom stereocenters. The Balaban J connectivity index is 2.24. The van der Waals surface area contributed by atoms with Gasteiger partial charge in [0.05, 0.1) is 23.9 Å². The molecule has 0 aliphatic heterocycles. The van der Waals surface area contributed by atoms with Gasteiger partial charge in [-0.05, 0) is 88.2 Å². The Morgan fingerprint density at radius 2 is 1.76 bits per heavy atom. The number of unbranched alkanes of at least 4 members (excludes halogenated alkanes) is 1. The third-order valence-electron chi connectivity index (χ3n) is 8.05. The molecular formula is C34H59N3O5. The number of aliphatic hydroxyl groups excluding tert-OH is 1. The number of methoxy groups -OCH3 is 1. The van der Waals surface area contributed by atoms with Crippen LogP contribution >= 0.6 is 0 Å². The summed E-state index contributed by atoms with van der Waals surface area (Å²) in [5, 5.41) is 20.3. The molecule has 4 atom stereocenters. The second-order valence-electron chi connectivity index (χ2n) is 13.5. The Kier molecular flexibility index (Phi) is 15.3. The minimum absolute atomic E-state index is 0.193. The highest BCUT2D eigenvalue weighted by Crippen LogP contribution is 2.28. The molecule has 2 N–H and O–H groups in total. The average Bonchev–Trinajstić information content (AvgIpc) is 3.30. The van der Waals surface area contributed by atoms with Gasteiger partial charge in [-0.15, -0.1) is 0 Å². The molecule has 0 saturated carbocycles. The van der Waals surface area contributed by atoms with Crippen LogP contribution in [-0.2, 0) is 27.2 Å². The molecule has 8 nitrogen and oxygen atoms in total. The SMILES string of the molecule is CCCCOC[C@@H](CC(O)[C@H](C[C@H](Cc1ccc2cnn(CCCOC)c2c1)C(C)C)NC(=O)OC(C)(C)C)C(C)C. The number of fused-ring (bicyclic) bond motifs is 1. The Bertz CT molecular complexity index is 1050. The monoisotopic (exact) mass is 589 g/mol. The summed E-state index contributed by atoms with van der Waals surface area (Å²) in [5.41, 5.74) is 1.73. The van der Waals surface area contributed by atoms with Gasteiger partial charge in [0.15, 0.2) is 0 Å². The number of hydrogen-bond donors (Lipinski definition) is 2. The first-order chi connectivity index (χ1) is 19.8. The summed E-state index contributed by atoms with van der Waals surface area (Å²) < 4.78 is 18.8. The van der Waals surface area contributed by atoms with E-state index in [2.05, 4.69) is 63.2 Å². The first-order valence-corrected chi connectivity index (χ1v) is 16.0. The van der Waals surface area contributed by atoms with E-state index in [0.29, 0.717) is 37.9 Å². The third-order valence-corrected chi connectivity index (χ3v) is 8.05. The maximum Gasteiger partial charge on any atom is 0.407 e. The summed E-state index contributed by atoms with van der Waals surface area (Å²) in [5.74, 6) is 1.13. The van der Waals surface area contributed by atoms with Crippen LogP contribution in [0, 0.1) is 23.7 Å². The molecule has 0 radical (unpaired) electrons. The Hall–Kier alpha value is -2.16. The van der Waals surface area contributed by atoms with Gasteiger partial charge in [-0.3, -0.25) is 4.68 Å². The summed E-state index contributed by atoms with van der Waals surface area (Å²) in [7, 11) is 1.72. The number of benzene rings is 1. The summed E-state index contributed by atoms with van der Waals surface area (Å²) in [6.07, 6.45) is 5.78. The second-order valence-corrected chi connectivity index (χ2v) is 13.5. The number of aryl methyl sites for hydroxylation is 1. The number of aromatic nitrogens is 2. The highest BCUT2D eigenvalue weighted by Gasteiger charge is 2.31. The highest BCUT2D eigenvalue weighted by atomic mass is 16.6. The number of carbonyl (C=O) groups is 1. The van der Waals surface area contributed by atoms with Gasteiger partial charge in [-0.1, -0.05) is 53.2 Å². The van der Waals surface area contributed by atoms with E-state index >= 15 is 0 Å². The number of aliphatic hydroxyl groups is 1. The third kappa shape index (κ3) is 12.6. The average molecular weight is 590 g/mol. The van der Waals surface area contributed by atoms with Crippen molar-refractivity contribution in [1.82, 2.24) is 15.1 Å². The quantitative estimate of drug-likeness (QED) is 0.171. The number of amides is 1. The molecule has 0 aliphatic carbocycles. The van der Waals surface area contributed by atoms with Crippen molar-refractivity contribution in [2.45, 2.75) is 118 Å². The van der Waals surface area contributed by atoms with Gasteiger partial charge in [0.2, 0.25) is 0 Å². The van der Waals surface area contributed by atoms with Crippen LogP contribution in [0.15, 0.2) is 24.4 Å². The Morgan fingerprint density at radius 3 is 2.38 bits per heavy atom. The van der Waals surface area contributed by atoms with Crippen LogP contribution in [0.2, 0.25) is 0 Å². The lowest BCUT2D eigenvalue weighted by molar-refractivity contribution is 0.0201. The van der Waals surface area contributed by atoms with Gasteiger partial charge in [0.25, 0.3) is 0 Å². The fraction of sp³-hybridized carbons (Fsp3) is 0.765. The van der Waals surface area contributed by atoms with Gasteiger partial charge in [-0.2, -0.15) is 5.10 Å². The van der Waals surface area contributed by atoms with E-state index in [9.17, 15) is 9.90 Å². The summed E-state index contributed by atoms with van der Waals surface area (Å²) >= 11 is 0. The topological polar surface area (TPSA) is 94.8 Å². The van der Waals surface area contributed by atoms with E-state index in [-0.39, 0.29) is 11.8 Å². The standard InChI is InChI=1S/C34H59N3O5/c1-10-11-17-41-23-29(25(4)5)21-32(38)30(36-33(39)42-34(6,7)8)20-28(24(2)3)18-26-13-14-27-22-35-37(31(27)19-26)15-12-16-40-9/h13-14,19,22,24-25,28-30,32,38H,10-12,15-18,20-21,23H2,1-9H3,(H,36,39)/t28-,29+,30-,32?/m0/s1. The van der Waals surface area contributed by atoms with Crippen molar-refractivity contribution in [2.24, 2.45) is 23.7 Å². The fourth-order valence-corrected chi connectivity index (χ4v) is 5.26. The first kappa shape index (κ1) is 36.0. The molecule has 1 aromatic heterocycles. The van der Waals surface area contributed by atoms with Gasteiger partial charge in [0.1, 0.15) is 5.60 Å². The smallest absolute Gasteiger partial charge is 0.407 e. The van der Waals surface area contributed by atoms with Crippen LogP contribution in [0.1, 0.15) is 93.1 Å². The maximum absolute atomic E-state index is 12.9. The fourth-order valence-electron chi connectivity index (χ4n) is 5.26. The summed E-state index contributed by atoms with van der Waals surface area (Å²) in [6, 6.07) is 6.11. The molecule has 8 heteroatoms. The van der Waals surface area contributed by atoms with Crippen molar-refractivity contribution in [2.75, 3.05) is 26.9 Å². The van der Waals surface area contributed by atoms with Crippen LogP contribution in [0.4, 0.5) is 4.79 Å². The van der Waals surface area contributed by atoms with Gasteiger partial charge in [-0.25, -0.2) is 4.79 Å². The number of hydrogen-bond acceptors (Lipinski definition) is 6. The van der Waals surface area contributed by atoms with E-state index in [1.54, 1.807) is 7.11 Å². The van der Waals surface area contributed by atoms with E-state index < -0.39 is 23.8 Å². The first-order valence-electron chi connectivity index (χ1n) is 16.0. The molecule has 0 spiro atoms. The largest absolute Gasteiger partial charge is 0.444 e. The molecule has 1 aromatic carbocycles. The molecule has 1 amide bonds. The van der Waals surface area contributed by atoms with E-state index in [1.165, 1.54) is 5.56 Å². The van der Waals surface area contributed by atoms with Gasteiger partial charge >= 0.3 is 6.09 Å². The predicted molar refractivity (Wildman–Crippen MR) is 171 cm³/mol. The van der Waals surface area contributed by atoms with Gasteiger partial charge in [0, 0.05) is 38.9 Å². The number of carbonyl (C=O) groups excluding carboxylic acids is 1. The van der Waals surface area contributed by atoms with Crippen molar-refractivity contribution >= 4 is 17.0 Å². The zero-order valence-electron chi connectivity index (χ0n) is 27.8. The van der Waals surface area contributed by atoms with E-state index in [1.807, 2.05) is 31.6 Å². The Labute approximate surface area is 254 Å². The van der Waals surface area contributed by atoms with Crippen molar-refractivity contribution in [3.05, 3.63) is 30.0 Å². The number of nitrogens with one attached hydrogen (secondary N) is 1. The molecule has 1 heterocycles. The maximum atomic E-state index is 12.9. The van der Waals surface area contributed by atoms with Crippen molar-refractivity contribution in [3.63, 3.8) is 0 Å². The molecule has 0 aliphatic rings. The van der Waals surface area contributed by atoms with Crippen molar-refractivity contribution in [3.8, 4) is 0 Å². The molecular weight excluding hydrogens is 530 g/mol. The summed E-state index contributed by atoms with van der Waals surface area (Å²) in [6.45, 7) is 19.3. The van der Waals surface area contributed by atoms with Crippen LogP contribution in [0.3, 0.4) is 0 Å². The molecule has 2 aromatic rings. The number of rotatable bonds is 19. The molecule has 0 saturated heterocycles. The highest BCUT2D eigenvalue weighted by molar-refractivity contribution is 5.79. The van der Waals surface area contributed by atoms with Crippen LogP contribution < -0.4 is 5.32 Å². The number of ether oxygens (including phenoxy) is 3. The predicted octanol–water partition coefficient (Wildman–Crippen LogP) is 7.01. The zero-order valence-corrected chi connectivity index (χ0v) is 27.8. The lowest BCUT2D eigenvalue weighted by Gasteiger charge is -2.33. The van der Waals surface area contributed by atoms with Crippen molar-refractivity contribution in [1.29, 1.82) is 0 Å². The van der Waals surface area contributed by atoms with Crippen LogP contribution in [-0.4, -0.2) is 65.7 Å². The van der Waals surface area contributed by atoms with Crippen molar-refractivity contribution < 1.29 is 24.1 Å². The molecule has 0 bridgehead atoms. The zero-order chi connectivity index (χ0) is 31.3. The lowest BCUT2D eigenvalue weighted by atomic mass is 9.80. The molecule has 240 valence electrons. The normalized spacial score (nSPS) is 15.2. The minimum Gasteiger partial charge on any atom is -0.444 e. The van der Waals surface area contributed by atoms with E-state index in [0.717, 1.165) is 49.7 Å². The number of nitrogens with zero attached hydrogens (tertiary/aromatic N) is 2. The molecule has 42 heavy (non-hydrogen) atoms. The van der Waals surface area contributed by atoms with Crippen LogP contribution in [0.25, 0.3) is 10.9 Å². The lowest BCUT2D eigenvalue weighted by Crippen LogP contribution is -2.48. The molecule has 2 rings (SSSR count). The molecule has 0 fully saturated rings. The number of alkyl carbamates (subject to hydrolysis) is 1. The summed E-state index contributed by atoms with van der Waals surface area (Å²) in [4.78, 5) is 12.9. The van der Waals surface area contributed by atoms with E-state index in [4.69, 9.17) is 14.2 Å². The van der Waals surface area contributed by atoms with Gasteiger partial charge < -0.3 is 24.6 Å².